The summed E-state index contributed by atoms with van der Waals surface area (Å²) in [5.41, 5.74) is 0.717. The summed E-state index contributed by atoms with van der Waals surface area (Å²) in [7, 11) is 6.40. The van der Waals surface area contributed by atoms with Gasteiger partial charge in [-0.05, 0) is 66.1 Å². The van der Waals surface area contributed by atoms with Crippen LogP contribution in [0, 0.1) is 23.7 Å². The molecule has 312 valence electrons. The number of hydrogen-bond acceptors (Lipinski definition) is 15. The van der Waals surface area contributed by atoms with Crippen LogP contribution in [0.5, 0.6) is 0 Å². The number of methoxy groups -OCH3 is 2. The zero-order valence-corrected chi connectivity index (χ0v) is 33.6. The lowest BCUT2D eigenvalue weighted by atomic mass is 9.79. The zero-order chi connectivity index (χ0) is 40.4. The van der Waals surface area contributed by atoms with Gasteiger partial charge in [0.2, 0.25) is 0 Å². The van der Waals surface area contributed by atoms with Gasteiger partial charge in [-0.25, -0.2) is 0 Å². The lowest BCUT2D eigenvalue weighted by Crippen LogP contribution is -2.63. The first-order valence-electron chi connectivity index (χ1n) is 19.2. The van der Waals surface area contributed by atoms with Crippen molar-refractivity contribution in [1.82, 2.24) is 4.90 Å². The normalized spacial score (nSPS) is 43.7. The zero-order valence-electron chi connectivity index (χ0n) is 33.6. The summed E-state index contributed by atoms with van der Waals surface area (Å²) < 4.78 is 41.7. The molecule has 2 saturated heterocycles. The van der Waals surface area contributed by atoms with Crippen molar-refractivity contribution < 1.29 is 68.3 Å². The second-order valence-corrected chi connectivity index (χ2v) is 15.5. The van der Waals surface area contributed by atoms with Gasteiger partial charge in [0.05, 0.1) is 49.6 Å². The van der Waals surface area contributed by atoms with Crippen LogP contribution in [0.3, 0.4) is 0 Å². The molecule has 0 spiro atoms. The van der Waals surface area contributed by atoms with Crippen molar-refractivity contribution in [3.63, 3.8) is 0 Å². The predicted molar refractivity (Wildman–Crippen MR) is 197 cm³/mol. The SMILES string of the molecule is CC[C@H]1OC(=O)C[C@@H](O)[C@H](C)[C@@H](O[C@@H]2O[C@H](C)[C@@H](O)C(N(C)C)C2O)[C@@H](CCO)C[C@@H](C)C(=O)/C=C/C(C)=C/[C@@H]1CO[C@@H]1OC(C)[C@H](O)C(OC)C1OC. The molecule has 0 amide bonds. The molecule has 0 aromatic carbocycles. The second kappa shape index (κ2) is 21.6. The minimum absolute atomic E-state index is 0.0214. The monoisotopic (exact) mass is 773 g/mol. The number of esters is 1. The highest BCUT2D eigenvalue weighted by Crippen LogP contribution is 2.35. The van der Waals surface area contributed by atoms with E-state index in [1.807, 2.05) is 19.9 Å². The van der Waals surface area contributed by atoms with Gasteiger partial charge in [-0.2, -0.15) is 0 Å². The fourth-order valence-corrected chi connectivity index (χ4v) is 7.85. The van der Waals surface area contributed by atoms with Crippen molar-refractivity contribution in [3.05, 3.63) is 23.8 Å². The number of aliphatic hydroxyl groups is 5. The van der Waals surface area contributed by atoms with Gasteiger partial charge in [0.15, 0.2) is 18.4 Å². The lowest BCUT2D eigenvalue weighted by molar-refractivity contribution is -0.304. The number of nitrogens with zero attached hydrogens (tertiary/aromatic N) is 1. The van der Waals surface area contributed by atoms with Crippen molar-refractivity contribution >= 4 is 11.8 Å². The van der Waals surface area contributed by atoms with Crippen LogP contribution in [0.25, 0.3) is 0 Å². The van der Waals surface area contributed by atoms with Crippen molar-refractivity contribution in [3.8, 4) is 0 Å². The molecule has 0 aromatic rings. The Morgan fingerprint density at radius 3 is 2.09 bits per heavy atom. The van der Waals surface area contributed by atoms with E-state index in [0.717, 1.165) is 0 Å². The van der Waals surface area contributed by atoms with E-state index >= 15 is 0 Å². The lowest BCUT2D eigenvalue weighted by Gasteiger charge is -2.46. The summed E-state index contributed by atoms with van der Waals surface area (Å²) in [5, 5.41) is 54.4. The Hall–Kier alpha value is -1.86. The molecule has 0 saturated carbocycles. The maximum Gasteiger partial charge on any atom is 0.308 e. The van der Waals surface area contributed by atoms with Gasteiger partial charge in [0.25, 0.3) is 0 Å². The Bertz CT molecular complexity index is 1230. The third-order valence-electron chi connectivity index (χ3n) is 11.2. The molecule has 0 bridgehead atoms. The van der Waals surface area contributed by atoms with E-state index in [1.54, 1.807) is 52.8 Å². The molecule has 3 aliphatic rings. The van der Waals surface area contributed by atoms with Gasteiger partial charge in [0.1, 0.15) is 30.5 Å². The molecule has 5 N–H and O–H groups in total. The van der Waals surface area contributed by atoms with Gasteiger partial charge < -0.3 is 63.6 Å². The molecular weight excluding hydrogens is 706 g/mol. The Labute approximate surface area is 320 Å². The van der Waals surface area contributed by atoms with E-state index in [9.17, 15) is 35.1 Å². The predicted octanol–water partition coefficient (Wildman–Crippen LogP) is 1.36. The van der Waals surface area contributed by atoms with Crippen LogP contribution in [-0.2, 0) is 42.7 Å². The number of allylic oxidation sites excluding steroid dienone is 3. The molecule has 3 heterocycles. The highest BCUT2D eigenvalue weighted by atomic mass is 16.7. The number of carbonyl (C=O) groups is 2. The van der Waals surface area contributed by atoms with Gasteiger partial charge in [-0.15, -0.1) is 0 Å². The van der Waals surface area contributed by atoms with Crippen LogP contribution in [0.2, 0.25) is 0 Å². The Kier molecular flexibility index (Phi) is 18.6. The van der Waals surface area contributed by atoms with Crippen LogP contribution in [-0.4, -0.2) is 163 Å². The summed E-state index contributed by atoms with van der Waals surface area (Å²) >= 11 is 0. The molecule has 17 atom stereocenters. The molecule has 0 radical (unpaired) electrons. The van der Waals surface area contributed by atoms with Crippen LogP contribution in [0.15, 0.2) is 23.8 Å². The molecule has 3 aliphatic heterocycles. The fourth-order valence-electron chi connectivity index (χ4n) is 7.85. The van der Waals surface area contributed by atoms with Gasteiger partial charge in [-0.3, -0.25) is 9.59 Å². The number of ketones is 1. The van der Waals surface area contributed by atoms with Crippen molar-refractivity contribution in [1.29, 1.82) is 0 Å². The van der Waals surface area contributed by atoms with Crippen LogP contribution in [0.1, 0.15) is 67.2 Å². The molecule has 0 aliphatic carbocycles. The third-order valence-corrected chi connectivity index (χ3v) is 11.2. The molecule has 2 fully saturated rings. The van der Waals surface area contributed by atoms with Crippen molar-refractivity contribution in [2.45, 2.75) is 147 Å². The molecule has 54 heavy (non-hydrogen) atoms. The Balaban J connectivity index is 1.96. The second-order valence-electron chi connectivity index (χ2n) is 15.5. The number of rotatable bonds is 11. The molecule has 15 nitrogen and oxygen atoms in total. The average molecular weight is 774 g/mol. The number of hydrogen-bond donors (Lipinski definition) is 5. The molecule has 15 heteroatoms. The quantitative estimate of drug-likeness (QED) is 0.188. The molecular formula is C39H67NO14. The van der Waals surface area contributed by atoms with Gasteiger partial charge in [-0.1, -0.05) is 38.5 Å². The number of carbonyl (C=O) groups excluding carboxylic acids is 2. The van der Waals surface area contributed by atoms with E-state index in [0.29, 0.717) is 12.0 Å². The maximum absolute atomic E-state index is 13.6. The topological polar surface area (TPSA) is 203 Å². The number of cyclic esters (lactones) is 1. The Morgan fingerprint density at radius 1 is 0.870 bits per heavy atom. The first-order chi connectivity index (χ1) is 25.5. The minimum Gasteiger partial charge on any atom is -0.462 e. The fraction of sp³-hybridized carbons (Fsp3) is 0.846. The smallest absolute Gasteiger partial charge is 0.308 e. The van der Waals surface area contributed by atoms with E-state index in [-0.39, 0.29) is 38.3 Å². The first kappa shape index (κ1) is 46.5. The van der Waals surface area contributed by atoms with E-state index in [4.69, 9.17) is 33.2 Å². The van der Waals surface area contributed by atoms with Crippen LogP contribution < -0.4 is 0 Å². The summed E-state index contributed by atoms with van der Waals surface area (Å²) in [6.45, 7) is 10.3. The Morgan fingerprint density at radius 2 is 1.50 bits per heavy atom. The van der Waals surface area contributed by atoms with Crippen LogP contribution >= 0.6 is 0 Å². The minimum atomic E-state index is -1.28. The number of aliphatic hydroxyl groups excluding tert-OH is 5. The average Bonchev–Trinajstić information content (AvgIpc) is 3.12. The summed E-state index contributed by atoms with van der Waals surface area (Å²) in [4.78, 5) is 28.8. The largest absolute Gasteiger partial charge is 0.462 e. The summed E-state index contributed by atoms with van der Waals surface area (Å²) in [6.07, 6.45) is -5.44. The van der Waals surface area contributed by atoms with Gasteiger partial charge >= 0.3 is 5.97 Å². The van der Waals surface area contributed by atoms with Crippen molar-refractivity contribution in [2.24, 2.45) is 23.7 Å². The number of likely N-dealkylation sites (N-methyl/N-ethyl adjacent to an activating group) is 1. The third kappa shape index (κ3) is 11.8. The standard InChI is InChI=1S/C39H67NO14/c1-11-29-26(19-50-39-37(49-10)36(48-9)33(46)24(6)52-39)16-20(2)12-13-27(42)21(3)17-25(14-15-41)35(22(4)28(43)18-30(44)53-29)54-38-34(47)31(40(7)8)32(45)23(5)51-38/h12-13,16,21-26,28-29,31-39,41,43,45-47H,11,14-15,17-19H2,1-10H3/b13-12+,20-16+/t21-,22+,23-,24?,25+,26-,28-,29-,31?,32-,33+,34?,35-,36?,37?,38+,39-/m1/s1. The molecule has 5 unspecified atom stereocenters. The van der Waals surface area contributed by atoms with Crippen LogP contribution in [0.4, 0.5) is 0 Å². The number of ether oxygens (including phenoxy) is 7. The molecule has 3 rings (SSSR count). The highest BCUT2D eigenvalue weighted by Gasteiger charge is 2.48. The van der Waals surface area contributed by atoms with Crippen molar-refractivity contribution in [2.75, 3.05) is 41.5 Å². The van der Waals surface area contributed by atoms with Gasteiger partial charge in [0, 0.05) is 38.6 Å². The maximum atomic E-state index is 13.6. The highest BCUT2D eigenvalue weighted by molar-refractivity contribution is 5.91. The van der Waals surface area contributed by atoms with E-state index in [1.165, 1.54) is 20.3 Å². The van der Waals surface area contributed by atoms with E-state index in [2.05, 4.69) is 0 Å². The molecule has 0 aromatic heterocycles. The first-order valence-corrected chi connectivity index (χ1v) is 19.2. The summed E-state index contributed by atoms with van der Waals surface area (Å²) in [5.74, 6) is -3.09. The van der Waals surface area contributed by atoms with E-state index < -0.39 is 109 Å². The summed E-state index contributed by atoms with van der Waals surface area (Å²) in [6, 6.07) is -0.720.